The first kappa shape index (κ1) is 11.1. The molecule has 0 aliphatic rings. The minimum absolute atomic E-state index is 0.00426. The molecule has 0 radical (unpaired) electrons. The molecule has 0 amide bonds. The van der Waals surface area contributed by atoms with E-state index in [1.807, 2.05) is 0 Å². The summed E-state index contributed by atoms with van der Waals surface area (Å²) < 4.78 is 4.30. The van der Waals surface area contributed by atoms with Gasteiger partial charge in [-0.2, -0.15) is 0 Å². The number of hydrogen-bond acceptors (Lipinski definition) is 5. The van der Waals surface area contributed by atoms with Gasteiger partial charge < -0.3 is 9.57 Å². The van der Waals surface area contributed by atoms with Crippen molar-refractivity contribution in [3.8, 4) is 0 Å². The van der Waals surface area contributed by atoms with E-state index in [2.05, 4.69) is 30.7 Å². The highest BCUT2D eigenvalue weighted by atomic mass is 79.9. The normalized spacial score (nSPS) is 10.8. The fraction of sp³-hybridized carbons (Fsp3) is 0.500. The third-order valence-corrected chi connectivity index (χ3v) is 1.46. The highest BCUT2D eigenvalue weighted by Gasteiger charge is 2.20. The van der Waals surface area contributed by atoms with Crippen LogP contribution in [0.25, 0.3) is 0 Å². The van der Waals surface area contributed by atoms with Gasteiger partial charge in [0, 0.05) is 0 Å². The molecule has 0 saturated heterocycles. The Morgan fingerprint density at radius 3 is 2.33 bits per heavy atom. The van der Waals surface area contributed by atoms with E-state index in [9.17, 15) is 9.59 Å². The van der Waals surface area contributed by atoms with E-state index >= 15 is 0 Å². The van der Waals surface area contributed by atoms with Gasteiger partial charge in [-0.15, -0.1) is 0 Å². The first-order valence-corrected chi connectivity index (χ1v) is 4.08. The Bertz CT molecular complexity index is 196. The summed E-state index contributed by atoms with van der Waals surface area (Å²) in [4.78, 5) is 26.1. The van der Waals surface area contributed by atoms with Gasteiger partial charge in [0.05, 0.1) is 12.4 Å². The van der Waals surface area contributed by atoms with Gasteiger partial charge >= 0.3 is 5.97 Å². The van der Waals surface area contributed by atoms with E-state index in [0.29, 0.717) is 0 Å². The van der Waals surface area contributed by atoms with Gasteiger partial charge in [0.2, 0.25) is 11.5 Å². The molecule has 68 valence electrons. The molecule has 0 heterocycles. The molecule has 6 heteroatoms. The zero-order valence-corrected chi connectivity index (χ0v) is 8.25. The summed E-state index contributed by atoms with van der Waals surface area (Å²) in [6.07, 6.45) is 0. The first-order chi connectivity index (χ1) is 5.67. The Kier molecular flexibility index (Phi) is 5.27. The van der Waals surface area contributed by atoms with Gasteiger partial charge in [-0.25, -0.2) is 4.79 Å². The van der Waals surface area contributed by atoms with E-state index in [0.717, 1.165) is 7.11 Å². The van der Waals surface area contributed by atoms with Crippen LogP contribution in [-0.4, -0.2) is 37.0 Å². The van der Waals surface area contributed by atoms with Gasteiger partial charge in [0.1, 0.15) is 7.11 Å². The van der Waals surface area contributed by atoms with Crippen molar-refractivity contribution in [2.24, 2.45) is 5.16 Å². The van der Waals surface area contributed by atoms with Crippen molar-refractivity contribution in [3.05, 3.63) is 0 Å². The van der Waals surface area contributed by atoms with Crippen molar-refractivity contribution >= 4 is 33.4 Å². The smallest absolute Gasteiger partial charge is 0.363 e. The second kappa shape index (κ2) is 5.70. The summed E-state index contributed by atoms with van der Waals surface area (Å²) in [5, 5.41) is 3.23. The number of ketones is 1. The monoisotopic (exact) mass is 237 g/mol. The summed E-state index contributed by atoms with van der Waals surface area (Å²) in [7, 11) is 2.40. The number of carbonyl (C=O) groups excluding carboxylic acids is 2. The van der Waals surface area contributed by atoms with Gasteiger partial charge in [-0.05, 0) is 0 Å². The van der Waals surface area contributed by atoms with Crippen molar-refractivity contribution < 1.29 is 19.2 Å². The van der Waals surface area contributed by atoms with Crippen LogP contribution in [-0.2, 0) is 19.2 Å². The highest BCUT2D eigenvalue weighted by molar-refractivity contribution is 9.09. The number of halogens is 1. The molecular formula is C6H8BrNO4. The molecule has 0 saturated carbocycles. The van der Waals surface area contributed by atoms with Gasteiger partial charge in [0.15, 0.2) is 0 Å². The molecule has 0 rings (SSSR count). The topological polar surface area (TPSA) is 65.0 Å². The molecule has 0 N–H and O–H groups in total. The molecule has 12 heavy (non-hydrogen) atoms. The number of esters is 1. The molecule has 0 aromatic carbocycles. The fourth-order valence-electron chi connectivity index (χ4n) is 0.453. The lowest BCUT2D eigenvalue weighted by Gasteiger charge is -1.98. The number of Topliss-reactive ketones (excluding diaryl/α,β-unsaturated/α-hetero) is 1. The van der Waals surface area contributed by atoms with Crippen molar-refractivity contribution in [2.45, 2.75) is 0 Å². The number of nitrogens with zero attached hydrogens (tertiary/aromatic N) is 1. The van der Waals surface area contributed by atoms with E-state index in [1.165, 1.54) is 7.11 Å². The Morgan fingerprint density at radius 1 is 1.42 bits per heavy atom. The average molecular weight is 238 g/mol. The number of methoxy groups -OCH3 is 1. The Hall–Kier alpha value is -0.910. The summed E-state index contributed by atoms with van der Waals surface area (Å²) in [6, 6.07) is 0. The lowest BCUT2D eigenvalue weighted by molar-refractivity contribution is -0.133. The molecule has 0 aliphatic heterocycles. The van der Waals surface area contributed by atoms with E-state index < -0.39 is 11.8 Å². The lowest BCUT2D eigenvalue weighted by atomic mass is 10.3. The molecular weight excluding hydrogens is 230 g/mol. The van der Waals surface area contributed by atoms with Crippen LogP contribution < -0.4 is 0 Å². The summed E-state index contributed by atoms with van der Waals surface area (Å²) in [5.41, 5.74) is -0.350. The van der Waals surface area contributed by atoms with Gasteiger partial charge in [-0.3, -0.25) is 4.79 Å². The van der Waals surface area contributed by atoms with Crippen molar-refractivity contribution in [2.75, 3.05) is 19.5 Å². The zero-order valence-electron chi connectivity index (χ0n) is 6.67. The van der Waals surface area contributed by atoms with Crippen LogP contribution in [0.2, 0.25) is 0 Å². The van der Waals surface area contributed by atoms with Crippen LogP contribution in [0, 0.1) is 0 Å². The number of rotatable bonds is 4. The fourth-order valence-corrected chi connectivity index (χ4v) is 0.719. The maximum Gasteiger partial charge on any atom is 0.363 e. The molecule has 0 fully saturated rings. The largest absolute Gasteiger partial charge is 0.464 e. The lowest BCUT2D eigenvalue weighted by Crippen LogP contribution is -2.26. The number of carbonyl (C=O) groups is 2. The molecule has 0 bridgehead atoms. The number of ether oxygens (including phenoxy) is 1. The second-order valence-electron chi connectivity index (χ2n) is 1.67. The van der Waals surface area contributed by atoms with E-state index in [1.54, 1.807) is 0 Å². The van der Waals surface area contributed by atoms with E-state index in [4.69, 9.17) is 0 Å². The Balaban J connectivity index is 4.55. The average Bonchev–Trinajstić information content (AvgIpc) is 2.11. The highest BCUT2D eigenvalue weighted by Crippen LogP contribution is 1.91. The van der Waals surface area contributed by atoms with Crippen molar-refractivity contribution in [1.29, 1.82) is 0 Å². The molecule has 0 atom stereocenters. The number of oxime groups is 1. The van der Waals surface area contributed by atoms with Crippen LogP contribution in [0.4, 0.5) is 0 Å². The summed E-state index contributed by atoms with van der Waals surface area (Å²) in [6.45, 7) is 0. The molecule has 0 unspecified atom stereocenters. The summed E-state index contributed by atoms with van der Waals surface area (Å²) >= 11 is 2.89. The Morgan fingerprint density at radius 2 is 2.00 bits per heavy atom. The SMILES string of the molecule is CO/N=C(\C(=O)CBr)C(=O)OC. The molecule has 5 nitrogen and oxygen atoms in total. The van der Waals surface area contributed by atoms with Crippen LogP contribution in [0.3, 0.4) is 0 Å². The van der Waals surface area contributed by atoms with Crippen molar-refractivity contribution in [3.63, 3.8) is 0 Å². The molecule has 0 aliphatic carbocycles. The Labute approximate surface area is 77.8 Å². The van der Waals surface area contributed by atoms with Gasteiger partial charge in [-0.1, -0.05) is 21.1 Å². The number of hydrogen-bond donors (Lipinski definition) is 0. The van der Waals surface area contributed by atoms with Crippen molar-refractivity contribution in [1.82, 2.24) is 0 Å². The third-order valence-electron chi connectivity index (χ3n) is 0.947. The minimum atomic E-state index is -0.804. The van der Waals surface area contributed by atoms with Crippen LogP contribution in [0.1, 0.15) is 0 Å². The zero-order chi connectivity index (χ0) is 9.56. The third kappa shape index (κ3) is 3.00. The second-order valence-corrected chi connectivity index (χ2v) is 2.23. The van der Waals surface area contributed by atoms with Crippen LogP contribution in [0.5, 0.6) is 0 Å². The quantitative estimate of drug-likeness (QED) is 0.229. The van der Waals surface area contributed by atoms with Crippen LogP contribution in [0.15, 0.2) is 5.16 Å². The van der Waals surface area contributed by atoms with E-state index in [-0.39, 0.29) is 11.0 Å². The molecule has 0 spiro atoms. The maximum absolute atomic E-state index is 10.9. The summed E-state index contributed by atoms with van der Waals surface area (Å²) in [5.74, 6) is -1.29. The minimum Gasteiger partial charge on any atom is -0.464 e. The first-order valence-electron chi connectivity index (χ1n) is 2.96. The van der Waals surface area contributed by atoms with Gasteiger partial charge in [0.25, 0.3) is 0 Å². The number of alkyl halides is 1. The predicted octanol–water partition coefficient (Wildman–Crippen LogP) is 0.126. The molecule has 0 aromatic heterocycles. The van der Waals surface area contributed by atoms with Crippen LogP contribution >= 0.6 is 15.9 Å². The maximum atomic E-state index is 10.9. The standard InChI is InChI=1S/C6H8BrNO4/c1-11-6(10)5(8-12-2)4(9)3-7/h3H2,1-2H3/b8-5+. The predicted molar refractivity (Wildman–Crippen MR) is 45.3 cm³/mol. The molecule has 0 aromatic rings.